The van der Waals surface area contributed by atoms with Crippen molar-refractivity contribution in [2.75, 3.05) is 38.3 Å². The van der Waals surface area contributed by atoms with Gasteiger partial charge in [0.05, 0.1) is 6.61 Å². The van der Waals surface area contributed by atoms with Gasteiger partial charge >= 0.3 is 0 Å². The summed E-state index contributed by atoms with van der Waals surface area (Å²) in [6.45, 7) is 5.61. The summed E-state index contributed by atoms with van der Waals surface area (Å²) in [5, 5.41) is 3.38. The third kappa shape index (κ3) is 3.67. The molecule has 0 spiro atoms. The molecule has 0 amide bonds. The van der Waals surface area contributed by atoms with E-state index in [9.17, 15) is 4.39 Å². The Hall–Kier alpha value is -1.13. The van der Waals surface area contributed by atoms with Crippen LogP contribution in [0.2, 0.25) is 0 Å². The third-order valence-corrected chi connectivity index (χ3v) is 3.87. The first kappa shape index (κ1) is 14.3. The molecule has 1 fully saturated rings. The van der Waals surface area contributed by atoms with Gasteiger partial charge in [0.25, 0.3) is 0 Å². The summed E-state index contributed by atoms with van der Waals surface area (Å²) in [4.78, 5) is 2.28. The quantitative estimate of drug-likeness (QED) is 0.885. The van der Waals surface area contributed by atoms with E-state index in [1.54, 1.807) is 0 Å². The predicted molar refractivity (Wildman–Crippen MR) is 76.1 cm³/mol. The van der Waals surface area contributed by atoms with E-state index in [-0.39, 0.29) is 5.82 Å². The van der Waals surface area contributed by atoms with Crippen molar-refractivity contribution in [3.05, 3.63) is 30.1 Å². The highest BCUT2D eigenvalue weighted by molar-refractivity contribution is 5.46. The fourth-order valence-electron chi connectivity index (χ4n) is 2.71. The molecular formula is C15H23FN2O. The highest BCUT2D eigenvalue weighted by atomic mass is 19.1. The van der Waals surface area contributed by atoms with Crippen LogP contribution in [-0.2, 0) is 4.74 Å². The van der Waals surface area contributed by atoms with Crippen LogP contribution in [0.25, 0.3) is 0 Å². The molecule has 0 saturated carbocycles. The Bertz CT molecular complexity index is 382. The minimum absolute atomic E-state index is 0.186. The molecule has 1 aliphatic rings. The molecule has 1 heterocycles. The molecule has 4 heteroatoms. The summed E-state index contributed by atoms with van der Waals surface area (Å²) < 4.78 is 18.6. The minimum atomic E-state index is -0.186. The number of rotatable bonds is 5. The largest absolute Gasteiger partial charge is 0.381 e. The Labute approximate surface area is 114 Å². The fourth-order valence-corrected chi connectivity index (χ4v) is 2.71. The molecule has 0 radical (unpaired) electrons. The van der Waals surface area contributed by atoms with Crippen molar-refractivity contribution in [2.45, 2.75) is 19.4 Å². The standard InChI is InChI=1S/C15H23FN2O/c1-3-18(14-6-4-13(16)5-7-14)10-12-11-19-9-8-15(12)17-2/h4-7,12,15,17H,3,8-11H2,1-2H3. The van der Waals surface area contributed by atoms with Crippen LogP contribution in [0.15, 0.2) is 24.3 Å². The zero-order chi connectivity index (χ0) is 13.7. The minimum Gasteiger partial charge on any atom is -0.381 e. The molecule has 1 aromatic rings. The van der Waals surface area contributed by atoms with Gasteiger partial charge in [0.15, 0.2) is 0 Å². The highest BCUT2D eigenvalue weighted by Crippen LogP contribution is 2.21. The molecule has 1 aromatic carbocycles. The Kier molecular flexibility index (Phi) is 5.16. The molecule has 2 rings (SSSR count). The summed E-state index contributed by atoms with van der Waals surface area (Å²) >= 11 is 0. The second-order valence-corrected chi connectivity index (χ2v) is 5.03. The van der Waals surface area contributed by atoms with Crippen molar-refractivity contribution >= 4 is 5.69 Å². The molecular weight excluding hydrogens is 243 g/mol. The maximum absolute atomic E-state index is 13.0. The van der Waals surface area contributed by atoms with Crippen LogP contribution in [0.5, 0.6) is 0 Å². The third-order valence-electron chi connectivity index (χ3n) is 3.87. The van der Waals surface area contributed by atoms with E-state index < -0.39 is 0 Å². The van der Waals surface area contributed by atoms with Gasteiger partial charge in [-0.05, 0) is 44.7 Å². The molecule has 2 unspecified atom stereocenters. The fraction of sp³-hybridized carbons (Fsp3) is 0.600. The van der Waals surface area contributed by atoms with Gasteiger partial charge in [-0.1, -0.05) is 0 Å². The maximum atomic E-state index is 13.0. The number of benzene rings is 1. The normalized spacial score (nSPS) is 23.3. The first-order valence-electron chi connectivity index (χ1n) is 7.00. The lowest BCUT2D eigenvalue weighted by Gasteiger charge is -2.36. The van der Waals surface area contributed by atoms with Crippen LogP contribution in [-0.4, -0.2) is 39.4 Å². The molecule has 3 nitrogen and oxygen atoms in total. The average molecular weight is 266 g/mol. The number of hydrogen-bond acceptors (Lipinski definition) is 3. The van der Waals surface area contributed by atoms with Crippen molar-refractivity contribution in [3.63, 3.8) is 0 Å². The van der Waals surface area contributed by atoms with Crippen molar-refractivity contribution in [3.8, 4) is 0 Å². The van der Waals surface area contributed by atoms with Crippen molar-refractivity contribution in [1.82, 2.24) is 5.32 Å². The lowest BCUT2D eigenvalue weighted by molar-refractivity contribution is 0.0368. The van der Waals surface area contributed by atoms with Gasteiger partial charge in [-0.15, -0.1) is 0 Å². The summed E-state index contributed by atoms with van der Waals surface area (Å²) in [6, 6.07) is 7.23. The number of hydrogen-bond donors (Lipinski definition) is 1. The first-order chi connectivity index (χ1) is 9.24. The SMILES string of the molecule is CCN(CC1COCCC1NC)c1ccc(F)cc1. The van der Waals surface area contributed by atoms with E-state index >= 15 is 0 Å². The van der Waals surface area contributed by atoms with Crippen molar-refractivity contribution in [1.29, 1.82) is 0 Å². The molecule has 1 saturated heterocycles. The summed E-state index contributed by atoms with van der Waals surface area (Å²) in [5.74, 6) is 0.289. The number of ether oxygens (including phenoxy) is 1. The van der Waals surface area contributed by atoms with Gasteiger partial charge < -0.3 is 15.0 Å². The summed E-state index contributed by atoms with van der Waals surface area (Å²) in [6.07, 6.45) is 1.06. The molecule has 106 valence electrons. The Morgan fingerprint density at radius 1 is 1.37 bits per heavy atom. The maximum Gasteiger partial charge on any atom is 0.123 e. The Morgan fingerprint density at radius 3 is 2.74 bits per heavy atom. The van der Waals surface area contributed by atoms with E-state index in [1.807, 2.05) is 19.2 Å². The number of anilines is 1. The van der Waals surface area contributed by atoms with E-state index in [0.29, 0.717) is 12.0 Å². The molecule has 1 N–H and O–H groups in total. The van der Waals surface area contributed by atoms with Crippen LogP contribution in [0.4, 0.5) is 10.1 Å². The summed E-state index contributed by atoms with van der Waals surface area (Å²) in [7, 11) is 2.01. The molecule has 1 aliphatic heterocycles. The zero-order valence-corrected chi connectivity index (χ0v) is 11.7. The van der Waals surface area contributed by atoms with Gasteiger partial charge in [-0.25, -0.2) is 4.39 Å². The van der Waals surface area contributed by atoms with E-state index in [4.69, 9.17) is 4.74 Å². The van der Waals surface area contributed by atoms with E-state index in [2.05, 4.69) is 17.1 Å². The number of nitrogens with zero attached hydrogens (tertiary/aromatic N) is 1. The van der Waals surface area contributed by atoms with Gasteiger partial charge in [0, 0.05) is 37.3 Å². The lowest BCUT2D eigenvalue weighted by atomic mass is 9.95. The van der Waals surface area contributed by atoms with Gasteiger partial charge in [-0.3, -0.25) is 0 Å². The van der Waals surface area contributed by atoms with E-state index in [1.165, 1.54) is 12.1 Å². The topological polar surface area (TPSA) is 24.5 Å². The van der Waals surface area contributed by atoms with Crippen LogP contribution < -0.4 is 10.2 Å². The second-order valence-electron chi connectivity index (χ2n) is 5.03. The molecule has 0 aromatic heterocycles. The monoisotopic (exact) mass is 266 g/mol. The van der Waals surface area contributed by atoms with Crippen LogP contribution in [0.3, 0.4) is 0 Å². The lowest BCUT2D eigenvalue weighted by Crippen LogP contribution is -2.46. The van der Waals surface area contributed by atoms with Crippen LogP contribution in [0.1, 0.15) is 13.3 Å². The zero-order valence-electron chi connectivity index (χ0n) is 11.7. The van der Waals surface area contributed by atoms with Gasteiger partial charge in [0.1, 0.15) is 5.82 Å². The van der Waals surface area contributed by atoms with Crippen LogP contribution >= 0.6 is 0 Å². The van der Waals surface area contributed by atoms with Gasteiger partial charge in [0.2, 0.25) is 0 Å². The van der Waals surface area contributed by atoms with Gasteiger partial charge in [-0.2, -0.15) is 0 Å². The average Bonchev–Trinajstić information content (AvgIpc) is 2.46. The second kappa shape index (κ2) is 6.87. The molecule has 0 bridgehead atoms. The number of halogens is 1. The summed E-state index contributed by atoms with van der Waals surface area (Å²) in [5.41, 5.74) is 1.07. The smallest absolute Gasteiger partial charge is 0.123 e. The Balaban J connectivity index is 2.03. The predicted octanol–water partition coefficient (Wildman–Crippen LogP) is 2.28. The van der Waals surface area contributed by atoms with E-state index in [0.717, 1.165) is 38.4 Å². The van der Waals surface area contributed by atoms with Crippen LogP contribution in [0, 0.1) is 11.7 Å². The first-order valence-corrected chi connectivity index (χ1v) is 7.00. The van der Waals surface area contributed by atoms with Crippen molar-refractivity contribution < 1.29 is 9.13 Å². The molecule has 2 atom stereocenters. The highest BCUT2D eigenvalue weighted by Gasteiger charge is 2.26. The molecule has 19 heavy (non-hydrogen) atoms. The van der Waals surface area contributed by atoms with Crippen molar-refractivity contribution in [2.24, 2.45) is 5.92 Å². The molecule has 0 aliphatic carbocycles. The Morgan fingerprint density at radius 2 is 2.11 bits per heavy atom. The number of nitrogens with one attached hydrogen (secondary N) is 1.